The Kier molecular flexibility index (Phi) is 4.04. The summed E-state index contributed by atoms with van der Waals surface area (Å²) in [6.07, 6.45) is 0.808. The average molecular weight is 205 g/mol. The van der Waals surface area contributed by atoms with Crippen LogP contribution in [-0.4, -0.2) is 12.3 Å². The van der Waals surface area contributed by atoms with Gasteiger partial charge in [-0.25, -0.2) is 0 Å². The van der Waals surface area contributed by atoms with Gasteiger partial charge in [-0.2, -0.15) is 0 Å². The highest BCUT2D eigenvalue weighted by atomic mass is 16.1. The molecule has 15 heavy (non-hydrogen) atoms. The highest BCUT2D eigenvalue weighted by molar-refractivity contribution is 5.99. The Labute approximate surface area is 91.5 Å². The molecule has 1 aromatic carbocycles. The number of benzene rings is 1. The zero-order valence-corrected chi connectivity index (χ0v) is 9.71. The number of carbonyl (C=O) groups is 1. The quantitative estimate of drug-likeness (QED) is 0.767. The summed E-state index contributed by atoms with van der Waals surface area (Å²) in [6, 6.07) is 5.92. The van der Waals surface area contributed by atoms with Gasteiger partial charge in [-0.1, -0.05) is 30.7 Å². The van der Waals surface area contributed by atoms with Crippen molar-refractivity contribution >= 4 is 5.78 Å². The van der Waals surface area contributed by atoms with Crippen LogP contribution >= 0.6 is 0 Å². The van der Waals surface area contributed by atoms with Crippen molar-refractivity contribution in [1.82, 2.24) is 0 Å². The third kappa shape index (κ3) is 2.66. The van der Waals surface area contributed by atoms with E-state index in [0.29, 0.717) is 6.54 Å². The van der Waals surface area contributed by atoms with E-state index in [1.54, 1.807) is 0 Å². The molecule has 2 nitrogen and oxygen atoms in total. The summed E-state index contributed by atoms with van der Waals surface area (Å²) in [5.41, 5.74) is 8.63. The highest BCUT2D eigenvalue weighted by Crippen LogP contribution is 2.16. The minimum atomic E-state index is -0.0357. The maximum absolute atomic E-state index is 12.1. The molecule has 0 heterocycles. The Morgan fingerprint density at radius 3 is 2.53 bits per heavy atom. The Hall–Kier alpha value is -1.15. The molecule has 1 rings (SSSR count). The van der Waals surface area contributed by atoms with Crippen LogP contribution in [0.1, 0.15) is 34.8 Å². The molecule has 1 atom stereocenters. The van der Waals surface area contributed by atoms with Gasteiger partial charge < -0.3 is 5.73 Å². The number of ketones is 1. The predicted molar refractivity (Wildman–Crippen MR) is 63.1 cm³/mol. The van der Waals surface area contributed by atoms with E-state index in [-0.39, 0.29) is 11.7 Å². The minimum Gasteiger partial charge on any atom is -0.330 e. The molecule has 0 aromatic heterocycles. The van der Waals surface area contributed by atoms with Gasteiger partial charge in [0.2, 0.25) is 0 Å². The molecule has 0 radical (unpaired) electrons. The van der Waals surface area contributed by atoms with Crippen LogP contribution in [0, 0.1) is 19.8 Å². The molecular weight excluding hydrogens is 186 g/mol. The van der Waals surface area contributed by atoms with Gasteiger partial charge in [0, 0.05) is 18.0 Å². The topological polar surface area (TPSA) is 43.1 Å². The average Bonchev–Trinajstić information content (AvgIpc) is 2.19. The van der Waals surface area contributed by atoms with Crippen LogP contribution in [0.5, 0.6) is 0 Å². The summed E-state index contributed by atoms with van der Waals surface area (Å²) in [5.74, 6) is 0.143. The van der Waals surface area contributed by atoms with Crippen LogP contribution in [-0.2, 0) is 0 Å². The molecule has 0 saturated carbocycles. The van der Waals surface area contributed by atoms with Crippen molar-refractivity contribution in [2.45, 2.75) is 27.2 Å². The summed E-state index contributed by atoms with van der Waals surface area (Å²) in [4.78, 5) is 12.1. The first-order valence-electron chi connectivity index (χ1n) is 5.41. The highest BCUT2D eigenvalue weighted by Gasteiger charge is 2.17. The summed E-state index contributed by atoms with van der Waals surface area (Å²) < 4.78 is 0. The second kappa shape index (κ2) is 5.08. The lowest BCUT2D eigenvalue weighted by molar-refractivity contribution is 0.0921. The molecule has 2 heteroatoms. The van der Waals surface area contributed by atoms with Crippen molar-refractivity contribution in [2.24, 2.45) is 11.7 Å². The van der Waals surface area contributed by atoms with Crippen molar-refractivity contribution in [3.8, 4) is 0 Å². The van der Waals surface area contributed by atoms with Crippen molar-refractivity contribution in [1.29, 1.82) is 0 Å². The lowest BCUT2D eigenvalue weighted by Gasteiger charge is -2.13. The van der Waals surface area contributed by atoms with Gasteiger partial charge in [0.25, 0.3) is 0 Å². The van der Waals surface area contributed by atoms with Crippen LogP contribution in [0.2, 0.25) is 0 Å². The first-order valence-corrected chi connectivity index (χ1v) is 5.41. The molecule has 82 valence electrons. The minimum absolute atomic E-state index is 0.0357. The number of rotatable bonds is 4. The number of Topliss-reactive ketones (excluding diaryl/α,β-unsaturated/α-hetero) is 1. The normalized spacial score (nSPS) is 12.5. The Morgan fingerprint density at radius 1 is 1.40 bits per heavy atom. The molecule has 1 aromatic rings. The standard InChI is InChI=1S/C13H19NO/c1-4-11(8-14)13(15)12-6-5-9(2)7-10(12)3/h5-7,11H,4,8,14H2,1-3H3. The summed E-state index contributed by atoms with van der Waals surface area (Å²) in [6.45, 7) is 6.44. The maximum atomic E-state index is 12.1. The second-order valence-electron chi connectivity index (χ2n) is 4.02. The molecule has 0 aliphatic heterocycles. The molecule has 1 unspecified atom stereocenters. The smallest absolute Gasteiger partial charge is 0.167 e. The van der Waals surface area contributed by atoms with E-state index in [0.717, 1.165) is 17.5 Å². The fraction of sp³-hybridized carbons (Fsp3) is 0.462. The molecule has 0 fully saturated rings. The van der Waals surface area contributed by atoms with Crippen LogP contribution in [0.4, 0.5) is 0 Å². The van der Waals surface area contributed by atoms with Crippen molar-refractivity contribution in [3.05, 3.63) is 34.9 Å². The van der Waals surface area contributed by atoms with Crippen LogP contribution in [0.3, 0.4) is 0 Å². The number of nitrogens with two attached hydrogens (primary N) is 1. The third-order valence-electron chi connectivity index (χ3n) is 2.80. The van der Waals surface area contributed by atoms with Gasteiger partial charge in [0.05, 0.1) is 0 Å². The van der Waals surface area contributed by atoms with E-state index >= 15 is 0 Å². The lowest BCUT2D eigenvalue weighted by atomic mass is 9.92. The molecule has 0 spiro atoms. The number of hydrogen-bond acceptors (Lipinski definition) is 2. The third-order valence-corrected chi connectivity index (χ3v) is 2.80. The predicted octanol–water partition coefficient (Wildman–Crippen LogP) is 2.47. The van der Waals surface area contributed by atoms with Gasteiger partial charge in [-0.3, -0.25) is 4.79 Å². The van der Waals surface area contributed by atoms with Crippen LogP contribution < -0.4 is 5.73 Å². The lowest BCUT2D eigenvalue weighted by Crippen LogP contribution is -2.23. The Balaban J connectivity index is 3.00. The van der Waals surface area contributed by atoms with Crippen molar-refractivity contribution in [2.75, 3.05) is 6.54 Å². The Bertz CT molecular complexity index is 354. The van der Waals surface area contributed by atoms with Gasteiger partial charge >= 0.3 is 0 Å². The molecule has 2 N–H and O–H groups in total. The largest absolute Gasteiger partial charge is 0.330 e. The summed E-state index contributed by atoms with van der Waals surface area (Å²) >= 11 is 0. The second-order valence-corrected chi connectivity index (χ2v) is 4.02. The van der Waals surface area contributed by atoms with Crippen LogP contribution in [0.15, 0.2) is 18.2 Å². The van der Waals surface area contributed by atoms with Gasteiger partial charge in [-0.15, -0.1) is 0 Å². The van der Waals surface area contributed by atoms with Crippen molar-refractivity contribution < 1.29 is 4.79 Å². The molecule has 0 amide bonds. The summed E-state index contributed by atoms with van der Waals surface area (Å²) in [5, 5.41) is 0. The van der Waals surface area contributed by atoms with Gasteiger partial charge in [-0.05, 0) is 25.8 Å². The number of aryl methyl sites for hydroxylation is 2. The molecule has 0 saturated heterocycles. The van der Waals surface area contributed by atoms with E-state index in [9.17, 15) is 4.79 Å². The molecule has 0 bridgehead atoms. The summed E-state index contributed by atoms with van der Waals surface area (Å²) in [7, 11) is 0. The molecule has 0 aliphatic rings. The van der Waals surface area contributed by atoms with E-state index in [1.807, 2.05) is 39.0 Å². The van der Waals surface area contributed by atoms with E-state index in [4.69, 9.17) is 5.73 Å². The first kappa shape index (κ1) is 11.9. The fourth-order valence-electron chi connectivity index (χ4n) is 1.77. The van der Waals surface area contributed by atoms with Crippen LogP contribution in [0.25, 0.3) is 0 Å². The zero-order chi connectivity index (χ0) is 11.4. The SMILES string of the molecule is CCC(CN)C(=O)c1ccc(C)cc1C. The molecule has 0 aliphatic carbocycles. The number of hydrogen-bond donors (Lipinski definition) is 1. The van der Waals surface area contributed by atoms with E-state index in [2.05, 4.69) is 0 Å². The first-order chi connectivity index (χ1) is 7.10. The van der Waals surface area contributed by atoms with Gasteiger partial charge in [0.15, 0.2) is 5.78 Å². The van der Waals surface area contributed by atoms with Crippen molar-refractivity contribution in [3.63, 3.8) is 0 Å². The Morgan fingerprint density at radius 2 is 2.07 bits per heavy atom. The van der Waals surface area contributed by atoms with E-state index in [1.165, 1.54) is 5.56 Å². The maximum Gasteiger partial charge on any atom is 0.167 e. The van der Waals surface area contributed by atoms with Gasteiger partial charge in [0.1, 0.15) is 0 Å². The monoisotopic (exact) mass is 205 g/mol. The molecular formula is C13H19NO. The fourth-order valence-corrected chi connectivity index (χ4v) is 1.77. The zero-order valence-electron chi connectivity index (χ0n) is 9.71. The van der Waals surface area contributed by atoms with E-state index < -0.39 is 0 Å². The number of carbonyl (C=O) groups excluding carboxylic acids is 1.